The van der Waals surface area contributed by atoms with Crippen LogP contribution < -0.4 is 9.47 Å². The maximum atomic E-state index is 9.19. The largest absolute Gasteiger partial charge is 0.496 e. The van der Waals surface area contributed by atoms with Gasteiger partial charge in [0, 0.05) is 44.2 Å². The highest BCUT2D eigenvalue weighted by Gasteiger charge is 2.38. The van der Waals surface area contributed by atoms with Crippen LogP contribution in [0.25, 0.3) is 11.4 Å². The van der Waals surface area contributed by atoms with Crippen molar-refractivity contribution in [2.24, 2.45) is 0 Å². The van der Waals surface area contributed by atoms with E-state index in [1.165, 1.54) is 0 Å². The Morgan fingerprint density at radius 1 is 1.19 bits per heavy atom. The van der Waals surface area contributed by atoms with Gasteiger partial charge in [0.25, 0.3) is 0 Å². The minimum absolute atomic E-state index is 0.126. The standard InChI is InChI=1S/C20H27N3O4/c1-25-17-4-3-5-18(26-2)19(17)20-21-7-8-23(20)14-10-15-13-27-16(6-9-24)12-22(15)11-14/h3-5,7-8,14-16,24H,6,9-13H2,1-2H3/t14-,15+,16+/m1/s1. The fraction of sp³-hybridized carbons (Fsp3) is 0.550. The molecule has 4 rings (SSSR count). The maximum absolute atomic E-state index is 9.19. The Morgan fingerprint density at radius 2 is 1.96 bits per heavy atom. The third-order valence-electron chi connectivity index (χ3n) is 5.63. The summed E-state index contributed by atoms with van der Waals surface area (Å²) in [5, 5.41) is 9.19. The molecule has 0 radical (unpaired) electrons. The van der Waals surface area contributed by atoms with Gasteiger partial charge in [-0.05, 0) is 25.0 Å². The number of imidazole rings is 1. The highest BCUT2D eigenvalue weighted by atomic mass is 16.5. The minimum Gasteiger partial charge on any atom is -0.496 e. The molecule has 0 bridgehead atoms. The van der Waals surface area contributed by atoms with Crippen LogP contribution in [0.1, 0.15) is 18.9 Å². The molecule has 146 valence electrons. The average molecular weight is 373 g/mol. The molecule has 0 spiro atoms. The lowest BCUT2D eigenvalue weighted by atomic mass is 10.1. The summed E-state index contributed by atoms with van der Waals surface area (Å²) >= 11 is 0. The van der Waals surface area contributed by atoms with Gasteiger partial charge in [-0.1, -0.05) is 6.07 Å². The fourth-order valence-electron chi connectivity index (χ4n) is 4.31. The third kappa shape index (κ3) is 3.42. The van der Waals surface area contributed by atoms with E-state index in [0.29, 0.717) is 18.5 Å². The molecule has 3 heterocycles. The molecule has 2 fully saturated rings. The number of morpholine rings is 1. The maximum Gasteiger partial charge on any atom is 0.147 e. The van der Waals surface area contributed by atoms with Crippen LogP contribution in [0.4, 0.5) is 0 Å². The third-order valence-corrected chi connectivity index (χ3v) is 5.63. The van der Waals surface area contributed by atoms with Gasteiger partial charge < -0.3 is 23.9 Å². The van der Waals surface area contributed by atoms with Crippen LogP contribution >= 0.6 is 0 Å². The number of ether oxygens (including phenoxy) is 3. The van der Waals surface area contributed by atoms with Gasteiger partial charge in [-0.15, -0.1) is 0 Å². The normalized spacial score (nSPS) is 25.4. The fourth-order valence-corrected chi connectivity index (χ4v) is 4.31. The number of hydrogen-bond donors (Lipinski definition) is 1. The van der Waals surface area contributed by atoms with Gasteiger partial charge in [0.15, 0.2) is 0 Å². The van der Waals surface area contributed by atoms with E-state index in [0.717, 1.165) is 49.0 Å². The molecule has 2 aliphatic rings. The first-order chi connectivity index (χ1) is 13.2. The zero-order valence-corrected chi connectivity index (χ0v) is 15.9. The van der Waals surface area contributed by atoms with Crippen LogP contribution in [0.2, 0.25) is 0 Å². The first-order valence-corrected chi connectivity index (χ1v) is 9.45. The molecule has 27 heavy (non-hydrogen) atoms. The van der Waals surface area contributed by atoms with Crippen LogP contribution in [0.3, 0.4) is 0 Å². The number of aliphatic hydroxyl groups is 1. The van der Waals surface area contributed by atoms with Gasteiger partial charge in [0.2, 0.25) is 0 Å². The SMILES string of the molecule is COc1cccc(OC)c1-c1nccn1[C@@H]1C[C@H]2CO[C@@H](CCO)CN2C1. The molecule has 2 saturated heterocycles. The number of fused-ring (bicyclic) bond motifs is 1. The molecule has 7 heteroatoms. The predicted octanol–water partition coefficient (Wildman–Crippen LogP) is 1.96. The Kier molecular flexibility index (Phi) is 5.33. The predicted molar refractivity (Wildman–Crippen MR) is 101 cm³/mol. The molecule has 0 amide bonds. The molecular formula is C20H27N3O4. The molecule has 1 aromatic heterocycles. The molecule has 1 N–H and O–H groups in total. The van der Waals surface area contributed by atoms with Crippen LogP contribution in [0.15, 0.2) is 30.6 Å². The molecular weight excluding hydrogens is 346 g/mol. The van der Waals surface area contributed by atoms with Crippen molar-refractivity contribution in [2.45, 2.75) is 31.0 Å². The summed E-state index contributed by atoms with van der Waals surface area (Å²) in [4.78, 5) is 7.11. The van der Waals surface area contributed by atoms with Gasteiger partial charge >= 0.3 is 0 Å². The van der Waals surface area contributed by atoms with Crippen LogP contribution in [-0.2, 0) is 4.74 Å². The van der Waals surface area contributed by atoms with E-state index in [4.69, 9.17) is 14.2 Å². The van der Waals surface area contributed by atoms with Crippen LogP contribution in [0, 0.1) is 0 Å². The molecule has 2 aromatic rings. The highest BCUT2D eigenvalue weighted by Crippen LogP contribution is 2.40. The number of aliphatic hydroxyl groups excluding tert-OH is 1. The molecule has 2 aliphatic heterocycles. The minimum atomic E-state index is 0.126. The molecule has 0 unspecified atom stereocenters. The number of hydrogen-bond acceptors (Lipinski definition) is 6. The second-order valence-corrected chi connectivity index (χ2v) is 7.16. The Bertz CT molecular complexity index is 756. The molecule has 1 aromatic carbocycles. The Hall–Kier alpha value is -2.09. The number of nitrogens with zero attached hydrogens (tertiary/aromatic N) is 3. The van der Waals surface area contributed by atoms with Crippen LogP contribution in [0.5, 0.6) is 11.5 Å². The van der Waals surface area contributed by atoms with Gasteiger partial charge in [-0.3, -0.25) is 4.90 Å². The summed E-state index contributed by atoms with van der Waals surface area (Å²) in [5.74, 6) is 2.37. The lowest BCUT2D eigenvalue weighted by molar-refractivity contribution is -0.0567. The van der Waals surface area contributed by atoms with E-state index < -0.39 is 0 Å². The number of rotatable bonds is 6. The van der Waals surface area contributed by atoms with Crippen molar-refractivity contribution < 1.29 is 19.3 Å². The lowest BCUT2D eigenvalue weighted by Gasteiger charge is -2.34. The van der Waals surface area contributed by atoms with Crippen molar-refractivity contribution in [2.75, 3.05) is 40.5 Å². The Morgan fingerprint density at radius 3 is 2.67 bits per heavy atom. The average Bonchev–Trinajstić information content (AvgIpc) is 3.33. The molecule has 0 saturated carbocycles. The van der Waals surface area contributed by atoms with Crippen molar-refractivity contribution in [3.63, 3.8) is 0 Å². The van der Waals surface area contributed by atoms with Gasteiger partial charge in [-0.2, -0.15) is 0 Å². The van der Waals surface area contributed by atoms with Crippen molar-refractivity contribution in [3.05, 3.63) is 30.6 Å². The zero-order chi connectivity index (χ0) is 18.8. The summed E-state index contributed by atoms with van der Waals surface area (Å²) in [6.45, 7) is 2.73. The van der Waals surface area contributed by atoms with Crippen molar-refractivity contribution in [1.82, 2.24) is 14.5 Å². The summed E-state index contributed by atoms with van der Waals surface area (Å²) in [6, 6.07) is 6.52. The monoisotopic (exact) mass is 373 g/mol. The summed E-state index contributed by atoms with van der Waals surface area (Å²) in [5.41, 5.74) is 0.881. The molecule has 0 aliphatic carbocycles. The van der Waals surface area contributed by atoms with E-state index in [-0.39, 0.29) is 12.7 Å². The summed E-state index contributed by atoms with van der Waals surface area (Å²) in [6.07, 6.45) is 5.72. The highest BCUT2D eigenvalue weighted by molar-refractivity contribution is 5.72. The Balaban J connectivity index is 1.61. The van der Waals surface area contributed by atoms with Crippen LogP contribution in [-0.4, -0.2) is 72.2 Å². The van der Waals surface area contributed by atoms with Crippen molar-refractivity contribution >= 4 is 0 Å². The smallest absolute Gasteiger partial charge is 0.147 e. The van der Waals surface area contributed by atoms with Gasteiger partial charge in [0.1, 0.15) is 22.9 Å². The number of methoxy groups -OCH3 is 2. The summed E-state index contributed by atoms with van der Waals surface area (Å²) in [7, 11) is 3.33. The lowest BCUT2D eigenvalue weighted by Crippen LogP contribution is -2.46. The first kappa shape index (κ1) is 18.3. The van der Waals surface area contributed by atoms with Gasteiger partial charge in [0.05, 0.1) is 26.9 Å². The zero-order valence-electron chi connectivity index (χ0n) is 15.9. The number of benzene rings is 1. The topological polar surface area (TPSA) is 69.0 Å². The second-order valence-electron chi connectivity index (χ2n) is 7.16. The molecule has 3 atom stereocenters. The number of aromatic nitrogens is 2. The van der Waals surface area contributed by atoms with E-state index in [1.54, 1.807) is 14.2 Å². The van der Waals surface area contributed by atoms with E-state index in [1.807, 2.05) is 30.6 Å². The molecule has 7 nitrogen and oxygen atoms in total. The summed E-state index contributed by atoms with van der Waals surface area (Å²) < 4.78 is 19.3. The van der Waals surface area contributed by atoms with Gasteiger partial charge in [-0.25, -0.2) is 4.98 Å². The second kappa shape index (κ2) is 7.88. The van der Waals surface area contributed by atoms with E-state index >= 15 is 0 Å². The van der Waals surface area contributed by atoms with Crippen molar-refractivity contribution in [3.8, 4) is 22.9 Å². The van der Waals surface area contributed by atoms with E-state index in [2.05, 4.69) is 14.5 Å². The Labute approximate surface area is 159 Å². The van der Waals surface area contributed by atoms with Crippen molar-refractivity contribution in [1.29, 1.82) is 0 Å². The quantitative estimate of drug-likeness (QED) is 0.835. The van der Waals surface area contributed by atoms with E-state index in [9.17, 15) is 5.11 Å². The first-order valence-electron chi connectivity index (χ1n) is 9.45.